The third kappa shape index (κ3) is 38.4. The summed E-state index contributed by atoms with van der Waals surface area (Å²) in [6.45, 7) is 5.62. The second-order valence-corrected chi connectivity index (χ2v) is 20.3. The van der Waals surface area contributed by atoms with Crippen molar-refractivity contribution >= 4 is 11.9 Å². The molecule has 0 spiro atoms. The van der Waals surface area contributed by atoms with Gasteiger partial charge in [0.2, 0.25) is 5.91 Å². The molecular weight excluding hydrogens is 931 g/mol. The minimum atomic E-state index is -1.62. The Morgan fingerprint density at radius 3 is 1.49 bits per heavy atom. The molecule has 8 unspecified atom stereocenters. The smallest absolute Gasteiger partial charge is 0.306 e. The molecule has 0 bridgehead atoms. The zero-order chi connectivity index (χ0) is 54.0. The molecule has 11 nitrogen and oxygen atoms in total. The molecular formula is C63H109NO10. The van der Waals surface area contributed by atoms with Crippen LogP contribution >= 0.6 is 0 Å². The van der Waals surface area contributed by atoms with Gasteiger partial charge in [-0.3, -0.25) is 9.59 Å². The zero-order valence-corrected chi connectivity index (χ0v) is 46.9. The highest BCUT2D eigenvalue weighted by Crippen LogP contribution is 2.26. The maximum atomic E-state index is 13.4. The molecule has 1 heterocycles. The van der Waals surface area contributed by atoms with Crippen LogP contribution in [0.25, 0.3) is 0 Å². The second-order valence-electron chi connectivity index (χ2n) is 20.3. The minimum Gasteiger partial charge on any atom is -0.454 e. The van der Waals surface area contributed by atoms with E-state index in [-0.39, 0.29) is 19.4 Å². The molecule has 11 heteroatoms. The van der Waals surface area contributed by atoms with Crippen molar-refractivity contribution in [2.45, 2.75) is 288 Å². The van der Waals surface area contributed by atoms with Gasteiger partial charge in [0.05, 0.1) is 25.4 Å². The molecule has 0 aromatic rings. The molecule has 0 saturated carbocycles. The highest BCUT2D eigenvalue weighted by Gasteiger charge is 2.47. The van der Waals surface area contributed by atoms with Gasteiger partial charge in [-0.25, -0.2) is 0 Å². The SMILES string of the molecule is CC/C=C\C/C=C\C/C=C\C/C=C\C/C=C\CCCCC(O)C(=O)NC(COC1OC(CO)C(O)C(O)C1OC(=O)CCCCCCCCC/C=C\CCCCCC)C(O)/C=C/CCCCCCCCCCCC. The fraction of sp³-hybridized carbons (Fsp3) is 0.746. The monoisotopic (exact) mass is 1040 g/mol. The molecule has 1 fully saturated rings. The summed E-state index contributed by atoms with van der Waals surface area (Å²) >= 11 is 0. The van der Waals surface area contributed by atoms with Crippen LogP contribution in [0.4, 0.5) is 0 Å². The van der Waals surface area contributed by atoms with Gasteiger partial charge in [-0.05, 0) is 96.3 Å². The average Bonchev–Trinajstić information content (AvgIpc) is 3.40. The van der Waals surface area contributed by atoms with Crippen molar-refractivity contribution in [2.75, 3.05) is 13.2 Å². The highest BCUT2D eigenvalue weighted by atomic mass is 16.7. The topological polar surface area (TPSA) is 175 Å². The van der Waals surface area contributed by atoms with Crippen LogP contribution in [0.2, 0.25) is 0 Å². The maximum absolute atomic E-state index is 13.4. The number of carbonyl (C=O) groups is 2. The van der Waals surface area contributed by atoms with E-state index in [2.05, 4.69) is 99.0 Å². The van der Waals surface area contributed by atoms with E-state index < -0.39 is 67.4 Å². The third-order valence-corrected chi connectivity index (χ3v) is 13.5. The number of rotatable bonds is 49. The van der Waals surface area contributed by atoms with Crippen LogP contribution in [0.3, 0.4) is 0 Å². The Morgan fingerprint density at radius 1 is 0.541 bits per heavy atom. The van der Waals surface area contributed by atoms with Gasteiger partial charge in [0, 0.05) is 6.42 Å². The van der Waals surface area contributed by atoms with Gasteiger partial charge < -0.3 is 45.1 Å². The fourth-order valence-corrected chi connectivity index (χ4v) is 8.79. The van der Waals surface area contributed by atoms with Gasteiger partial charge in [0.1, 0.15) is 24.4 Å². The summed E-state index contributed by atoms with van der Waals surface area (Å²) < 4.78 is 17.6. The Hall–Kier alpha value is -3.16. The Labute approximate surface area is 451 Å². The van der Waals surface area contributed by atoms with Crippen molar-refractivity contribution < 1.29 is 49.3 Å². The first kappa shape index (κ1) is 68.9. The van der Waals surface area contributed by atoms with Gasteiger partial charge in [0.25, 0.3) is 0 Å². The van der Waals surface area contributed by atoms with Crippen LogP contribution in [0, 0.1) is 0 Å². The van der Waals surface area contributed by atoms with E-state index in [0.717, 1.165) is 103 Å². The van der Waals surface area contributed by atoms with E-state index in [0.29, 0.717) is 12.8 Å². The third-order valence-electron chi connectivity index (χ3n) is 13.5. The van der Waals surface area contributed by atoms with Gasteiger partial charge in [-0.15, -0.1) is 0 Å². The molecule has 6 N–H and O–H groups in total. The Balaban J connectivity index is 2.75. The molecule has 0 aromatic carbocycles. The normalized spacial score (nSPS) is 19.9. The first-order valence-electron chi connectivity index (χ1n) is 29.9. The quantitative estimate of drug-likeness (QED) is 0.0195. The number of esters is 1. The molecule has 1 aliphatic heterocycles. The number of amides is 1. The van der Waals surface area contributed by atoms with Crippen molar-refractivity contribution in [3.8, 4) is 0 Å². The number of carbonyl (C=O) groups excluding carboxylic acids is 2. The number of aliphatic hydroxyl groups excluding tert-OH is 5. The van der Waals surface area contributed by atoms with Crippen LogP contribution < -0.4 is 5.32 Å². The second kappa shape index (κ2) is 50.6. The summed E-state index contributed by atoms with van der Waals surface area (Å²) in [6.07, 6.45) is 54.8. The maximum Gasteiger partial charge on any atom is 0.306 e. The van der Waals surface area contributed by atoms with E-state index in [9.17, 15) is 35.1 Å². The molecule has 1 saturated heterocycles. The molecule has 8 atom stereocenters. The van der Waals surface area contributed by atoms with Gasteiger partial charge in [0.15, 0.2) is 12.4 Å². The van der Waals surface area contributed by atoms with Crippen LogP contribution in [0.15, 0.2) is 85.1 Å². The molecule has 1 rings (SSSR count). The fourth-order valence-electron chi connectivity index (χ4n) is 8.79. The first-order valence-corrected chi connectivity index (χ1v) is 29.9. The predicted octanol–water partition coefficient (Wildman–Crippen LogP) is 13.8. The number of ether oxygens (including phenoxy) is 3. The van der Waals surface area contributed by atoms with Gasteiger partial charge >= 0.3 is 5.97 Å². The summed E-state index contributed by atoms with van der Waals surface area (Å²) in [6, 6.07) is -1.05. The summed E-state index contributed by atoms with van der Waals surface area (Å²) in [4.78, 5) is 26.5. The van der Waals surface area contributed by atoms with E-state index in [1.807, 2.05) is 6.08 Å². The lowest BCUT2D eigenvalue weighted by molar-refractivity contribution is -0.305. The summed E-state index contributed by atoms with van der Waals surface area (Å²) in [5.74, 6) is -1.24. The Kier molecular flexibility index (Phi) is 47.1. The van der Waals surface area contributed by atoms with Gasteiger partial charge in [-0.2, -0.15) is 0 Å². The Bertz CT molecular complexity index is 1520. The van der Waals surface area contributed by atoms with Crippen LogP contribution in [0.1, 0.15) is 239 Å². The van der Waals surface area contributed by atoms with E-state index in [4.69, 9.17) is 14.2 Å². The zero-order valence-electron chi connectivity index (χ0n) is 46.9. The van der Waals surface area contributed by atoms with Crippen LogP contribution in [-0.2, 0) is 23.8 Å². The minimum absolute atomic E-state index is 0.111. The van der Waals surface area contributed by atoms with E-state index >= 15 is 0 Å². The van der Waals surface area contributed by atoms with E-state index in [1.54, 1.807) is 6.08 Å². The predicted molar refractivity (Wildman–Crippen MR) is 306 cm³/mol. The highest BCUT2D eigenvalue weighted by molar-refractivity contribution is 5.80. The first-order chi connectivity index (χ1) is 36.2. The average molecular weight is 1040 g/mol. The molecule has 1 amide bonds. The Morgan fingerprint density at radius 2 is 0.973 bits per heavy atom. The van der Waals surface area contributed by atoms with Gasteiger partial charge in [-0.1, -0.05) is 221 Å². The van der Waals surface area contributed by atoms with Crippen molar-refractivity contribution in [1.29, 1.82) is 0 Å². The lowest BCUT2D eigenvalue weighted by Gasteiger charge is -2.41. The number of hydrogen-bond donors (Lipinski definition) is 6. The largest absolute Gasteiger partial charge is 0.454 e. The van der Waals surface area contributed by atoms with Crippen molar-refractivity contribution in [3.05, 3.63) is 85.1 Å². The van der Waals surface area contributed by atoms with Crippen molar-refractivity contribution in [2.24, 2.45) is 0 Å². The number of nitrogens with one attached hydrogen (secondary N) is 1. The number of unbranched alkanes of at least 4 members (excludes halogenated alkanes) is 23. The molecule has 1 aliphatic rings. The number of allylic oxidation sites excluding steroid dienone is 13. The van der Waals surface area contributed by atoms with Crippen LogP contribution in [0.5, 0.6) is 0 Å². The van der Waals surface area contributed by atoms with E-state index in [1.165, 1.54) is 89.9 Å². The van der Waals surface area contributed by atoms with Crippen LogP contribution in [-0.4, -0.2) is 99.6 Å². The molecule has 0 aliphatic carbocycles. The summed E-state index contributed by atoms with van der Waals surface area (Å²) in [5.41, 5.74) is 0. The van der Waals surface area contributed by atoms with Crippen molar-refractivity contribution in [1.82, 2.24) is 5.32 Å². The molecule has 74 heavy (non-hydrogen) atoms. The summed E-state index contributed by atoms with van der Waals surface area (Å²) in [5, 5.41) is 56.9. The molecule has 426 valence electrons. The number of hydrogen-bond acceptors (Lipinski definition) is 10. The number of aliphatic hydroxyl groups is 5. The lowest BCUT2D eigenvalue weighted by atomic mass is 9.99. The lowest BCUT2D eigenvalue weighted by Crippen LogP contribution is -2.61. The van der Waals surface area contributed by atoms with Crippen molar-refractivity contribution in [3.63, 3.8) is 0 Å². The molecule has 0 aromatic heterocycles. The summed E-state index contributed by atoms with van der Waals surface area (Å²) in [7, 11) is 0. The molecule has 0 radical (unpaired) electrons. The standard InChI is InChI=1S/C63H109NO10/c1-4-7-10-13-16-19-22-25-27-28-29-31-32-35-38-41-44-47-50-56(67)62(71)64-54(55(66)49-46-43-40-37-34-24-21-18-15-12-9-6-3)53-72-63-61(60(70)59(69)57(52-65)73-63)74-58(68)51-48-45-42-39-36-33-30-26-23-20-17-14-11-8-5-2/h7,10,16,19-20,23,25,27,29,31,35,38,46,49,54-57,59-61,63,65-67,69-70H,4-6,8-9,11-15,17-18,21-22,24,26,28,30,32-34,36-37,39-45,47-48,50-53H2,1-3H3,(H,64,71)/b10-7-,19-16-,23-20-,27-25-,31-29-,38-35-,49-46+.